The van der Waals surface area contributed by atoms with Gasteiger partial charge in [0.2, 0.25) is 11.8 Å². The molecule has 0 aromatic heterocycles. The van der Waals surface area contributed by atoms with Crippen molar-refractivity contribution in [3.8, 4) is 0 Å². The predicted octanol–water partition coefficient (Wildman–Crippen LogP) is 1.37. The fraction of sp³-hybridized carbons (Fsp3) is 0.889. The van der Waals surface area contributed by atoms with E-state index in [2.05, 4.69) is 23.9 Å². The third kappa shape index (κ3) is 9.23. The maximum Gasteiger partial charge on any atom is 0.222 e. The Bertz CT molecular complexity index is 347. The zero-order chi connectivity index (χ0) is 18.5. The molecule has 0 radical (unpaired) electrons. The van der Waals surface area contributed by atoms with Crippen LogP contribution in [0.4, 0.5) is 0 Å². The van der Waals surface area contributed by atoms with Crippen molar-refractivity contribution in [2.45, 2.75) is 40.5 Å². The minimum Gasteiger partial charge on any atom is -0.340 e. The van der Waals surface area contributed by atoms with E-state index in [1.807, 2.05) is 30.6 Å². The van der Waals surface area contributed by atoms with Gasteiger partial charge in [0.25, 0.3) is 0 Å². The van der Waals surface area contributed by atoms with Crippen LogP contribution < -0.4 is 0 Å². The highest BCUT2D eigenvalue weighted by atomic mass is 16.2. The van der Waals surface area contributed by atoms with Gasteiger partial charge in [0.05, 0.1) is 0 Å². The summed E-state index contributed by atoms with van der Waals surface area (Å²) in [6, 6.07) is 0. The molecular weight excluding hydrogens is 304 g/mol. The number of likely N-dealkylation sites (N-methyl/N-ethyl adjacent to an activating group) is 2. The van der Waals surface area contributed by atoms with E-state index in [1.54, 1.807) is 6.92 Å². The number of nitrogens with zero attached hydrogens (tertiary/aromatic N) is 4. The number of piperazine rings is 2. The average molecular weight is 343 g/mol. The Hall–Kier alpha value is -1.14. The van der Waals surface area contributed by atoms with Crippen LogP contribution in [0.3, 0.4) is 0 Å². The molecule has 6 heteroatoms. The Morgan fingerprint density at radius 1 is 0.750 bits per heavy atom. The number of carbonyl (C=O) groups is 2. The van der Waals surface area contributed by atoms with E-state index >= 15 is 0 Å². The Balaban J connectivity index is 0.000000405. The molecule has 0 aromatic carbocycles. The van der Waals surface area contributed by atoms with Crippen LogP contribution in [0.25, 0.3) is 0 Å². The molecule has 0 atom stereocenters. The van der Waals surface area contributed by atoms with Crippen LogP contribution in [0.5, 0.6) is 0 Å². The summed E-state index contributed by atoms with van der Waals surface area (Å²) in [5.41, 5.74) is 0. The molecule has 6 nitrogen and oxygen atoms in total. The SMILES string of the molecule is CC.CC(=O)N1CCN(C)CC1.CCCC(=O)N1CCN(C)CC1. The summed E-state index contributed by atoms with van der Waals surface area (Å²) in [6.07, 6.45) is 1.68. The van der Waals surface area contributed by atoms with E-state index in [1.165, 1.54) is 0 Å². The van der Waals surface area contributed by atoms with Crippen molar-refractivity contribution in [3.05, 3.63) is 0 Å². The van der Waals surface area contributed by atoms with Crippen molar-refractivity contribution >= 4 is 11.8 Å². The van der Waals surface area contributed by atoms with Gasteiger partial charge in [0, 0.05) is 65.7 Å². The van der Waals surface area contributed by atoms with Crippen molar-refractivity contribution in [2.24, 2.45) is 0 Å². The van der Waals surface area contributed by atoms with Crippen molar-refractivity contribution < 1.29 is 9.59 Å². The smallest absolute Gasteiger partial charge is 0.222 e. The molecule has 2 aliphatic rings. The van der Waals surface area contributed by atoms with Gasteiger partial charge in [-0.15, -0.1) is 0 Å². The molecule has 2 heterocycles. The second-order valence-corrected chi connectivity index (χ2v) is 6.24. The molecule has 24 heavy (non-hydrogen) atoms. The fourth-order valence-electron chi connectivity index (χ4n) is 2.55. The predicted molar refractivity (Wildman–Crippen MR) is 100 cm³/mol. The van der Waals surface area contributed by atoms with Crippen LogP contribution in [-0.4, -0.2) is 97.9 Å². The molecule has 0 unspecified atom stereocenters. The second-order valence-electron chi connectivity index (χ2n) is 6.24. The summed E-state index contributed by atoms with van der Waals surface area (Å²) in [5.74, 6) is 0.527. The lowest BCUT2D eigenvalue weighted by Crippen LogP contribution is -2.47. The van der Waals surface area contributed by atoms with Gasteiger partial charge < -0.3 is 19.6 Å². The number of hydrogen-bond acceptors (Lipinski definition) is 4. The van der Waals surface area contributed by atoms with E-state index in [9.17, 15) is 9.59 Å². The largest absolute Gasteiger partial charge is 0.340 e. The Morgan fingerprint density at radius 2 is 1.12 bits per heavy atom. The standard InChI is InChI=1S/C9H18N2O.C7H14N2O.C2H6/c1-3-4-9(12)11-7-5-10(2)6-8-11;1-7(10)9-5-3-8(2)4-6-9;1-2/h3-8H2,1-2H3;3-6H2,1-2H3;1-2H3. The number of amides is 2. The molecule has 2 fully saturated rings. The van der Waals surface area contributed by atoms with Gasteiger partial charge in [-0.05, 0) is 20.5 Å². The van der Waals surface area contributed by atoms with E-state index in [-0.39, 0.29) is 5.91 Å². The lowest BCUT2D eigenvalue weighted by atomic mass is 10.2. The van der Waals surface area contributed by atoms with Crippen molar-refractivity contribution in [1.29, 1.82) is 0 Å². The molecule has 0 spiro atoms. The highest BCUT2D eigenvalue weighted by Gasteiger charge is 2.17. The van der Waals surface area contributed by atoms with Gasteiger partial charge in [-0.3, -0.25) is 9.59 Å². The molecule has 2 saturated heterocycles. The van der Waals surface area contributed by atoms with E-state index in [0.717, 1.165) is 58.8 Å². The first kappa shape index (κ1) is 22.9. The first-order valence-corrected chi connectivity index (χ1v) is 9.34. The van der Waals surface area contributed by atoms with Crippen molar-refractivity contribution in [1.82, 2.24) is 19.6 Å². The minimum absolute atomic E-state index is 0.202. The first-order chi connectivity index (χ1) is 11.4. The lowest BCUT2D eigenvalue weighted by molar-refractivity contribution is -0.133. The average Bonchev–Trinajstić information content (AvgIpc) is 2.58. The summed E-state index contributed by atoms with van der Waals surface area (Å²) in [7, 11) is 4.18. The Kier molecular flexibility index (Phi) is 12.6. The molecule has 142 valence electrons. The lowest BCUT2D eigenvalue weighted by Gasteiger charge is -2.32. The third-order valence-electron chi connectivity index (χ3n) is 4.27. The number of hydrogen-bond donors (Lipinski definition) is 0. The molecule has 2 aliphatic heterocycles. The van der Waals surface area contributed by atoms with Gasteiger partial charge in [0.15, 0.2) is 0 Å². The maximum absolute atomic E-state index is 11.4. The Morgan fingerprint density at radius 3 is 1.46 bits per heavy atom. The van der Waals surface area contributed by atoms with Crippen LogP contribution in [0, 0.1) is 0 Å². The van der Waals surface area contributed by atoms with E-state index in [0.29, 0.717) is 12.3 Å². The van der Waals surface area contributed by atoms with Crippen molar-refractivity contribution in [2.75, 3.05) is 66.5 Å². The van der Waals surface area contributed by atoms with Gasteiger partial charge in [-0.25, -0.2) is 0 Å². The van der Waals surface area contributed by atoms with Gasteiger partial charge >= 0.3 is 0 Å². The van der Waals surface area contributed by atoms with Crippen LogP contribution in [-0.2, 0) is 9.59 Å². The number of rotatable bonds is 2. The molecule has 2 rings (SSSR count). The summed E-state index contributed by atoms with van der Waals surface area (Å²) < 4.78 is 0. The summed E-state index contributed by atoms with van der Waals surface area (Å²) >= 11 is 0. The monoisotopic (exact) mass is 342 g/mol. The zero-order valence-electron chi connectivity index (χ0n) is 16.7. The zero-order valence-corrected chi connectivity index (χ0v) is 16.7. The van der Waals surface area contributed by atoms with Crippen LogP contribution in [0.1, 0.15) is 40.5 Å². The Labute approximate surface area is 148 Å². The van der Waals surface area contributed by atoms with Gasteiger partial charge in [0.1, 0.15) is 0 Å². The first-order valence-electron chi connectivity index (χ1n) is 9.34. The normalized spacial score (nSPS) is 18.9. The maximum atomic E-state index is 11.4. The third-order valence-corrected chi connectivity index (χ3v) is 4.27. The molecule has 0 bridgehead atoms. The highest BCUT2D eigenvalue weighted by molar-refractivity contribution is 5.76. The van der Waals surface area contributed by atoms with Gasteiger partial charge in [-0.2, -0.15) is 0 Å². The second kappa shape index (κ2) is 13.2. The molecule has 0 N–H and O–H groups in total. The van der Waals surface area contributed by atoms with Gasteiger partial charge in [-0.1, -0.05) is 20.8 Å². The summed E-state index contributed by atoms with van der Waals surface area (Å²) in [4.78, 5) is 30.6. The topological polar surface area (TPSA) is 47.1 Å². The fourth-order valence-corrected chi connectivity index (χ4v) is 2.55. The minimum atomic E-state index is 0.202. The molecule has 2 amide bonds. The quantitative estimate of drug-likeness (QED) is 0.760. The number of carbonyl (C=O) groups excluding carboxylic acids is 2. The van der Waals surface area contributed by atoms with E-state index in [4.69, 9.17) is 0 Å². The van der Waals surface area contributed by atoms with E-state index < -0.39 is 0 Å². The van der Waals surface area contributed by atoms with Crippen LogP contribution >= 0.6 is 0 Å². The van der Waals surface area contributed by atoms with Crippen LogP contribution in [0.2, 0.25) is 0 Å². The molecule has 0 saturated carbocycles. The van der Waals surface area contributed by atoms with Crippen LogP contribution in [0.15, 0.2) is 0 Å². The summed E-state index contributed by atoms with van der Waals surface area (Å²) in [5, 5.41) is 0. The molecular formula is C18H38N4O2. The highest BCUT2D eigenvalue weighted by Crippen LogP contribution is 2.02. The molecule has 0 aromatic rings. The van der Waals surface area contributed by atoms with Crippen molar-refractivity contribution in [3.63, 3.8) is 0 Å². The molecule has 0 aliphatic carbocycles. The summed E-state index contributed by atoms with van der Waals surface area (Å²) in [6.45, 7) is 15.4.